The van der Waals surface area contributed by atoms with Gasteiger partial charge in [0.25, 0.3) is 5.56 Å². The number of benzene rings is 2. The van der Waals surface area contributed by atoms with Gasteiger partial charge in [0.15, 0.2) is 5.16 Å². The lowest BCUT2D eigenvalue weighted by Gasteiger charge is -2.12. The number of carbonyl (C=O) groups is 2. The van der Waals surface area contributed by atoms with E-state index in [0.29, 0.717) is 27.6 Å². The molecule has 2 aromatic heterocycles. The molecule has 2 heterocycles. The lowest BCUT2D eigenvalue weighted by Crippen LogP contribution is -2.26. The second-order valence-corrected chi connectivity index (χ2v) is 8.93. The highest BCUT2D eigenvalue weighted by atomic mass is 32.2. The van der Waals surface area contributed by atoms with Crippen molar-refractivity contribution in [2.24, 2.45) is 0 Å². The van der Waals surface area contributed by atoms with Gasteiger partial charge < -0.3 is 10.4 Å². The summed E-state index contributed by atoms with van der Waals surface area (Å²) in [4.78, 5) is 41.3. The van der Waals surface area contributed by atoms with Gasteiger partial charge in [-0.3, -0.25) is 14.2 Å². The van der Waals surface area contributed by atoms with E-state index in [4.69, 9.17) is 5.11 Å². The molecule has 0 saturated carbocycles. The van der Waals surface area contributed by atoms with Gasteiger partial charge in [-0.1, -0.05) is 41.6 Å². The lowest BCUT2D eigenvalue weighted by molar-refractivity contribution is -0.118. The Kier molecular flexibility index (Phi) is 6.38. The molecule has 1 amide bonds. The fraction of sp³-hybridized carbons (Fsp3) is 0.130. The monoisotopic (exact) mass is 465 g/mol. The molecule has 0 spiro atoms. The fourth-order valence-electron chi connectivity index (χ4n) is 3.06. The predicted octanol–water partition coefficient (Wildman–Crippen LogP) is 3.86. The van der Waals surface area contributed by atoms with Crippen LogP contribution < -0.4 is 10.9 Å². The van der Waals surface area contributed by atoms with Crippen LogP contribution in [0.15, 0.2) is 69.9 Å². The minimum atomic E-state index is -1.05. The normalized spacial score (nSPS) is 10.9. The minimum Gasteiger partial charge on any atom is -0.478 e. The summed E-state index contributed by atoms with van der Waals surface area (Å²) in [5.74, 6) is -1.14. The molecular formula is C23H19N3O4S2. The molecule has 4 rings (SSSR count). The third kappa shape index (κ3) is 4.74. The maximum atomic E-state index is 13.1. The topological polar surface area (TPSA) is 101 Å². The molecule has 0 bridgehead atoms. The van der Waals surface area contributed by atoms with Gasteiger partial charge in [0.2, 0.25) is 5.91 Å². The Labute approximate surface area is 191 Å². The molecule has 4 aromatic rings. The minimum absolute atomic E-state index is 0.0845. The first-order valence-corrected chi connectivity index (χ1v) is 11.6. The van der Waals surface area contributed by atoms with Crippen molar-refractivity contribution in [1.82, 2.24) is 14.9 Å². The summed E-state index contributed by atoms with van der Waals surface area (Å²) in [5.41, 5.74) is 3.08. The standard InChI is InChI=1S/C23H19N3O4S2/c1-14-2-4-15(5-3-14)12-24-19(27)13-32-23-25-18-10-11-31-20(18)21(28)26(23)17-8-6-16(7-9-17)22(29)30/h2-11H,12-13H2,1H3,(H,24,27)(H,29,30). The zero-order chi connectivity index (χ0) is 22.7. The molecule has 0 unspecified atom stereocenters. The van der Waals surface area contributed by atoms with E-state index in [1.54, 1.807) is 23.6 Å². The lowest BCUT2D eigenvalue weighted by atomic mass is 10.1. The van der Waals surface area contributed by atoms with E-state index in [0.717, 1.165) is 22.9 Å². The number of thiophene rings is 1. The highest BCUT2D eigenvalue weighted by molar-refractivity contribution is 7.99. The van der Waals surface area contributed by atoms with Gasteiger partial charge in [-0.15, -0.1) is 11.3 Å². The van der Waals surface area contributed by atoms with E-state index >= 15 is 0 Å². The van der Waals surface area contributed by atoms with Crippen LogP contribution in [0.1, 0.15) is 21.5 Å². The van der Waals surface area contributed by atoms with Crippen molar-refractivity contribution in [1.29, 1.82) is 0 Å². The van der Waals surface area contributed by atoms with Crippen LogP contribution in [0.25, 0.3) is 15.9 Å². The maximum absolute atomic E-state index is 13.1. The smallest absolute Gasteiger partial charge is 0.335 e. The molecule has 2 N–H and O–H groups in total. The van der Waals surface area contributed by atoms with Crippen LogP contribution >= 0.6 is 23.1 Å². The highest BCUT2D eigenvalue weighted by Crippen LogP contribution is 2.24. The van der Waals surface area contributed by atoms with Crippen LogP contribution in [0.3, 0.4) is 0 Å². The van der Waals surface area contributed by atoms with E-state index in [2.05, 4.69) is 10.3 Å². The molecule has 0 radical (unpaired) electrons. The predicted molar refractivity (Wildman–Crippen MR) is 126 cm³/mol. The van der Waals surface area contributed by atoms with Gasteiger partial charge in [0, 0.05) is 6.54 Å². The molecule has 2 aromatic carbocycles. The summed E-state index contributed by atoms with van der Waals surface area (Å²) in [6.45, 7) is 2.42. The van der Waals surface area contributed by atoms with Gasteiger partial charge >= 0.3 is 5.97 Å². The number of carboxylic acid groups (broad SMARTS) is 1. The summed E-state index contributed by atoms with van der Waals surface area (Å²) in [7, 11) is 0. The molecular weight excluding hydrogens is 446 g/mol. The molecule has 162 valence electrons. The van der Waals surface area contributed by atoms with Crippen molar-refractivity contribution >= 4 is 45.2 Å². The Morgan fingerprint density at radius 3 is 2.50 bits per heavy atom. The number of aryl methyl sites for hydroxylation is 1. The molecule has 0 aliphatic heterocycles. The number of aromatic carboxylic acids is 1. The molecule has 0 aliphatic carbocycles. The van der Waals surface area contributed by atoms with Crippen molar-refractivity contribution in [3.05, 3.63) is 87.0 Å². The number of rotatable bonds is 7. The Bertz CT molecular complexity index is 1340. The highest BCUT2D eigenvalue weighted by Gasteiger charge is 2.16. The zero-order valence-electron chi connectivity index (χ0n) is 17.1. The number of aromatic nitrogens is 2. The molecule has 7 nitrogen and oxygen atoms in total. The summed E-state index contributed by atoms with van der Waals surface area (Å²) < 4.78 is 1.92. The van der Waals surface area contributed by atoms with Crippen LogP contribution in [0.4, 0.5) is 0 Å². The van der Waals surface area contributed by atoms with Gasteiger partial charge in [0.05, 0.1) is 22.5 Å². The molecule has 32 heavy (non-hydrogen) atoms. The van der Waals surface area contributed by atoms with Crippen molar-refractivity contribution in [3.63, 3.8) is 0 Å². The third-order valence-corrected chi connectivity index (χ3v) is 6.59. The first kappa shape index (κ1) is 21.8. The average Bonchev–Trinajstić information content (AvgIpc) is 3.26. The van der Waals surface area contributed by atoms with Crippen molar-refractivity contribution in [3.8, 4) is 5.69 Å². The summed E-state index contributed by atoms with van der Waals surface area (Å²) in [5, 5.41) is 14.2. The van der Waals surface area contributed by atoms with Gasteiger partial charge in [-0.05, 0) is 48.2 Å². The molecule has 9 heteroatoms. The number of hydrogen-bond acceptors (Lipinski definition) is 6. The largest absolute Gasteiger partial charge is 0.478 e. The van der Waals surface area contributed by atoms with Gasteiger partial charge in [-0.2, -0.15) is 0 Å². The SMILES string of the molecule is Cc1ccc(CNC(=O)CSc2nc3ccsc3c(=O)n2-c2ccc(C(=O)O)cc2)cc1. The van der Waals surface area contributed by atoms with Crippen LogP contribution in [-0.4, -0.2) is 32.3 Å². The van der Waals surface area contributed by atoms with Crippen LogP contribution in [-0.2, 0) is 11.3 Å². The number of amides is 1. The number of nitrogens with one attached hydrogen (secondary N) is 1. The average molecular weight is 466 g/mol. The Morgan fingerprint density at radius 1 is 1.09 bits per heavy atom. The Balaban J connectivity index is 1.56. The maximum Gasteiger partial charge on any atom is 0.335 e. The Morgan fingerprint density at radius 2 is 1.81 bits per heavy atom. The fourth-order valence-corrected chi connectivity index (χ4v) is 4.66. The van der Waals surface area contributed by atoms with E-state index in [9.17, 15) is 14.4 Å². The number of fused-ring (bicyclic) bond motifs is 1. The molecule has 0 atom stereocenters. The molecule has 0 saturated heterocycles. The Hall–Kier alpha value is -3.43. The van der Waals surface area contributed by atoms with E-state index < -0.39 is 5.97 Å². The van der Waals surface area contributed by atoms with Gasteiger partial charge in [-0.25, -0.2) is 9.78 Å². The molecule has 0 fully saturated rings. The van der Waals surface area contributed by atoms with Crippen molar-refractivity contribution < 1.29 is 14.7 Å². The zero-order valence-corrected chi connectivity index (χ0v) is 18.7. The number of nitrogens with zero attached hydrogens (tertiary/aromatic N) is 2. The van der Waals surface area contributed by atoms with E-state index in [-0.39, 0.29) is 22.8 Å². The van der Waals surface area contributed by atoms with Gasteiger partial charge in [0.1, 0.15) is 4.70 Å². The van der Waals surface area contributed by atoms with E-state index in [1.807, 2.05) is 31.2 Å². The number of carboxylic acids is 1. The van der Waals surface area contributed by atoms with Crippen LogP contribution in [0.5, 0.6) is 0 Å². The summed E-state index contributed by atoms with van der Waals surface area (Å²) >= 11 is 2.45. The number of hydrogen-bond donors (Lipinski definition) is 2. The molecule has 0 aliphatic rings. The second kappa shape index (κ2) is 9.37. The van der Waals surface area contributed by atoms with Crippen molar-refractivity contribution in [2.75, 3.05) is 5.75 Å². The quantitative estimate of drug-likeness (QED) is 0.317. The van der Waals surface area contributed by atoms with E-state index in [1.165, 1.54) is 28.0 Å². The number of carbonyl (C=O) groups excluding carboxylic acids is 1. The van der Waals surface area contributed by atoms with Crippen LogP contribution in [0.2, 0.25) is 0 Å². The first-order valence-electron chi connectivity index (χ1n) is 9.71. The van der Waals surface area contributed by atoms with Crippen molar-refractivity contribution in [2.45, 2.75) is 18.6 Å². The number of thioether (sulfide) groups is 1. The summed E-state index contributed by atoms with van der Waals surface area (Å²) in [6, 6.07) is 15.7. The van der Waals surface area contributed by atoms with Crippen LogP contribution in [0, 0.1) is 6.92 Å². The first-order chi connectivity index (χ1) is 15.4. The second-order valence-electron chi connectivity index (χ2n) is 7.07. The summed E-state index contributed by atoms with van der Waals surface area (Å²) in [6.07, 6.45) is 0. The third-order valence-electron chi connectivity index (χ3n) is 4.76.